The molecule has 1 unspecified atom stereocenters. The fourth-order valence-corrected chi connectivity index (χ4v) is 4.28. The van der Waals surface area contributed by atoms with Gasteiger partial charge in [-0.25, -0.2) is 4.79 Å². The molecule has 2 aliphatic rings. The SMILES string of the molecule is CCC(C)CC(=O)N1CCC(Oc2ccc(NC(=O)N3CC(c4cccnc4)C3)cc2)CC1. The Morgan fingerprint density at radius 2 is 1.85 bits per heavy atom. The number of pyridine rings is 1. The van der Waals surface area contributed by atoms with Gasteiger partial charge in [-0.3, -0.25) is 9.78 Å². The van der Waals surface area contributed by atoms with Crippen molar-refractivity contribution < 1.29 is 14.3 Å². The predicted octanol–water partition coefficient (Wildman–Crippen LogP) is 4.52. The molecule has 0 spiro atoms. The predicted molar refractivity (Wildman–Crippen MR) is 128 cm³/mol. The lowest BCUT2D eigenvalue weighted by Gasteiger charge is -2.39. The van der Waals surface area contributed by atoms with Crippen LogP contribution in [0.1, 0.15) is 51.0 Å². The summed E-state index contributed by atoms with van der Waals surface area (Å²) in [7, 11) is 0. The Morgan fingerprint density at radius 3 is 2.48 bits per heavy atom. The highest BCUT2D eigenvalue weighted by atomic mass is 16.5. The molecule has 0 saturated carbocycles. The first-order chi connectivity index (χ1) is 16.0. The van der Waals surface area contributed by atoms with Crippen molar-refractivity contribution >= 4 is 17.6 Å². The summed E-state index contributed by atoms with van der Waals surface area (Å²) in [5.74, 6) is 1.85. The van der Waals surface area contributed by atoms with Gasteiger partial charge in [0.1, 0.15) is 11.9 Å². The summed E-state index contributed by atoms with van der Waals surface area (Å²) in [6, 6.07) is 11.4. The van der Waals surface area contributed by atoms with Gasteiger partial charge in [-0.05, 0) is 41.8 Å². The second kappa shape index (κ2) is 10.7. The molecule has 2 aliphatic heterocycles. The molecule has 7 nitrogen and oxygen atoms in total. The molecule has 4 rings (SSSR count). The fraction of sp³-hybridized carbons (Fsp3) is 0.500. The minimum absolute atomic E-state index is 0.0850. The molecule has 33 heavy (non-hydrogen) atoms. The molecule has 1 aromatic heterocycles. The van der Waals surface area contributed by atoms with Crippen LogP contribution in [0.4, 0.5) is 10.5 Å². The van der Waals surface area contributed by atoms with Crippen LogP contribution in [0.15, 0.2) is 48.8 Å². The van der Waals surface area contributed by atoms with Crippen LogP contribution in [-0.2, 0) is 4.79 Å². The maximum Gasteiger partial charge on any atom is 0.321 e. The smallest absolute Gasteiger partial charge is 0.321 e. The van der Waals surface area contributed by atoms with Crippen LogP contribution >= 0.6 is 0 Å². The van der Waals surface area contributed by atoms with E-state index in [0.717, 1.165) is 43.8 Å². The Hall–Kier alpha value is -3.09. The van der Waals surface area contributed by atoms with Gasteiger partial charge < -0.3 is 19.9 Å². The molecule has 2 aromatic rings. The number of hydrogen-bond donors (Lipinski definition) is 1. The Labute approximate surface area is 196 Å². The van der Waals surface area contributed by atoms with Crippen LogP contribution in [0.25, 0.3) is 0 Å². The van der Waals surface area contributed by atoms with Crippen molar-refractivity contribution in [3.63, 3.8) is 0 Å². The highest BCUT2D eigenvalue weighted by Crippen LogP contribution is 2.27. The van der Waals surface area contributed by atoms with Gasteiger partial charge in [0.05, 0.1) is 0 Å². The third-order valence-corrected chi connectivity index (χ3v) is 6.75. The number of carbonyl (C=O) groups excluding carboxylic acids is 2. The van der Waals surface area contributed by atoms with Crippen molar-refractivity contribution in [2.75, 3.05) is 31.5 Å². The molecule has 2 fully saturated rings. The fourth-order valence-electron chi connectivity index (χ4n) is 4.28. The van der Waals surface area contributed by atoms with Crippen molar-refractivity contribution in [1.82, 2.24) is 14.8 Å². The lowest BCUT2D eigenvalue weighted by atomic mass is 9.93. The number of nitrogens with one attached hydrogen (secondary N) is 1. The summed E-state index contributed by atoms with van der Waals surface area (Å²) in [6.07, 6.45) is 7.10. The largest absolute Gasteiger partial charge is 0.490 e. The average Bonchev–Trinajstić information content (AvgIpc) is 2.80. The van der Waals surface area contributed by atoms with E-state index in [4.69, 9.17) is 4.74 Å². The van der Waals surface area contributed by atoms with Crippen LogP contribution in [0, 0.1) is 5.92 Å². The van der Waals surface area contributed by atoms with Crippen molar-refractivity contribution in [2.45, 2.75) is 51.6 Å². The summed E-state index contributed by atoms with van der Waals surface area (Å²) in [5, 5.41) is 2.96. The Bertz CT molecular complexity index is 920. The summed E-state index contributed by atoms with van der Waals surface area (Å²) in [4.78, 5) is 32.8. The maximum absolute atomic E-state index is 12.5. The van der Waals surface area contributed by atoms with E-state index in [1.807, 2.05) is 41.4 Å². The van der Waals surface area contributed by atoms with E-state index >= 15 is 0 Å². The molecule has 3 amide bonds. The van der Waals surface area contributed by atoms with E-state index in [1.165, 1.54) is 5.56 Å². The molecule has 7 heteroatoms. The van der Waals surface area contributed by atoms with E-state index < -0.39 is 0 Å². The number of amides is 3. The summed E-state index contributed by atoms with van der Waals surface area (Å²) in [5.41, 5.74) is 1.93. The molecular formula is C26H34N4O3. The Morgan fingerprint density at radius 1 is 1.12 bits per heavy atom. The third kappa shape index (κ3) is 6.03. The number of urea groups is 1. The molecular weight excluding hydrogens is 416 g/mol. The first-order valence-electron chi connectivity index (χ1n) is 12.0. The molecule has 0 aliphatic carbocycles. The number of nitrogens with zero attached hydrogens (tertiary/aromatic N) is 3. The van der Waals surface area contributed by atoms with E-state index in [2.05, 4.69) is 30.2 Å². The Kier molecular flexibility index (Phi) is 7.47. The highest BCUT2D eigenvalue weighted by molar-refractivity contribution is 5.90. The summed E-state index contributed by atoms with van der Waals surface area (Å²) in [6.45, 7) is 7.17. The zero-order valence-corrected chi connectivity index (χ0v) is 19.6. The maximum atomic E-state index is 12.5. The first kappa shape index (κ1) is 23.1. The number of carbonyl (C=O) groups is 2. The topological polar surface area (TPSA) is 74.8 Å². The second-order valence-corrected chi connectivity index (χ2v) is 9.26. The van der Waals surface area contributed by atoms with E-state index in [9.17, 15) is 9.59 Å². The summed E-state index contributed by atoms with van der Waals surface area (Å²) < 4.78 is 6.12. The molecule has 176 valence electrons. The monoisotopic (exact) mass is 450 g/mol. The normalized spacial score (nSPS) is 17.9. The third-order valence-electron chi connectivity index (χ3n) is 6.75. The molecule has 0 radical (unpaired) electrons. The standard InChI is InChI=1S/C26H34N4O3/c1-3-19(2)15-25(31)29-13-10-24(11-14-29)33-23-8-6-22(7-9-23)28-26(32)30-17-21(18-30)20-5-4-12-27-16-20/h4-9,12,16,19,21,24H,3,10-11,13-15,17-18H2,1-2H3,(H,28,32). The highest BCUT2D eigenvalue weighted by Gasteiger charge is 2.32. The minimum Gasteiger partial charge on any atom is -0.490 e. The second-order valence-electron chi connectivity index (χ2n) is 9.26. The minimum atomic E-state index is -0.0850. The van der Waals surface area contributed by atoms with E-state index in [0.29, 0.717) is 31.3 Å². The van der Waals surface area contributed by atoms with Gasteiger partial charge >= 0.3 is 6.03 Å². The zero-order valence-electron chi connectivity index (χ0n) is 19.6. The first-order valence-corrected chi connectivity index (χ1v) is 12.0. The van der Waals surface area contributed by atoms with Gasteiger partial charge in [-0.2, -0.15) is 0 Å². The number of rotatable bonds is 7. The average molecular weight is 451 g/mol. The molecule has 0 bridgehead atoms. The van der Waals surface area contributed by atoms with Gasteiger partial charge in [0.2, 0.25) is 5.91 Å². The zero-order chi connectivity index (χ0) is 23.2. The molecule has 1 atom stereocenters. The van der Waals surface area contributed by atoms with Crippen LogP contribution in [0.3, 0.4) is 0 Å². The van der Waals surface area contributed by atoms with Gasteiger partial charge in [0, 0.05) is 69.4 Å². The number of hydrogen-bond acceptors (Lipinski definition) is 4. The van der Waals surface area contributed by atoms with Gasteiger partial charge in [-0.1, -0.05) is 26.3 Å². The summed E-state index contributed by atoms with van der Waals surface area (Å²) >= 11 is 0. The van der Waals surface area contributed by atoms with Crippen LogP contribution < -0.4 is 10.1 Å². The van der Waals surface area contributed by atoms with Gasteiger partial charge in [0.15, 0.2) is 0 Å². The van der Waals surface area contributed by atoms with Crippen LogP contribution in [0.5, 0.6) is 5.75 Å². The number of piperidine rings is 1. The quantitative estimate of drug-likeness (QED) is 0.673. The number of anilines is 1. The van der Waals surface area contributed by atoms with Gasteiger partial charge in [-0.15, -0.1) is 0 Å². The van der Waals surface area contributed by atoms with Crippen LogP contribution in [-0.4, -0.2) is 59.0 Å². The number of ether oxygens (including phenoxy) is 1. The van der Waals surface area contributed by atoms with Crippen molar-refractivity contribution in [3.8, 4) is 5.75 Å². The molecule has 2 saturated heterocycles. The molecule has 1 aromatic carbocycles. The molecule has 3 heterocycles. The number of likely N-dealkylation sites (tertiary alicyclic amines) is 2. The van der Waals surface area contributed by atoms with E-state index in [-0.39, 0.29) is 18.0 Å². The number of aromatic nitrogens is 1. The van der Waals surface area contributed by atoms with Crippen LogP contribution in [0.2, 0.25) is 0 Å². The number of benzene rings is 1. The van der Waals surface area contributed by atoms with Crippen molar-refractivity contribution in [3.05, 3.63) is 54.4 Å². The van der Waals surface area contributed by atoms with Gasteiger partial charge in [0.25, 0.3) is 0 Å². The lowest BCUT2D eigenvalue weighted by molar-refractivity contribution is -0.133. The van der Waals surface area contributed by atoms with Crippen molar-refractivity contribution in [1.29, 1.82) is 0 Å². The molecule has 1 N–H and O–H groups in total. The lowest BCUT2D eigenvalue weighted by Crippen LogP contribution is -2.50. The Balaban J connectivity index is 1.19. The van der Waals surface area contributed by atoms with Crippen molar-refractivity contribution in [2.24, 2.45) is 5.92 Å². The van der Waals surface area contributed by atoms with E-state index in [1.54, 1.807) is 11.1 Å².